The molecule has 2 rings (SSSR count). The van der Waals surface area contributed by atoms with Crippen molar-refractivity contribution in [2.24, 2.45) is 0 Å². The number of sulfonamides is 1. The largest absolute Gasteiger partial charge is 0.399 e. The molecule has 0 aromatic heterocycles. The molecule has 19 heavy (non-hydrogen) atoms. The highest BCUT2D eigenvalue weighted by Gasteiger charge is 2.16. The summed E-state index contributed by atoms with van der Waals surface area (Å²) in [5.74, 6) is 0. The van der Waals surface area contributed by atoms with Gasteiger partial charge in [0.25, 0.3) is 10.0 Å². The molecule has 2 aromatic rings. The second-order valence-corrected chi connectivity index (χ2v) is 6.20. The lowest BCUT2D eigenvalue weighted by Gasteiger charge is -2.12. The molecule has 6 heteroatoms. The Hall–Kier alpha value is -1.72. The maximum atomic E-state index is 12.2. The van der Waals surface area contributed by atoms with Crippen LogP contribution in [0.5, 0.6) is 0 Å². The Morgan fingerprint density at radius 1 is 1.11 bits per heavy atom. The summed E-state index contributed by atoms with van der Waals surface area (Å²) in [5.41, 5.74) is 7.19. The number of aryl methyl sites for hydroxylation is 1. The van der Waals surface area contributed by atoms with Crippen LogP contribution in [0.15, 0.2) is 47.4 Å². The lowest BCUT2D eigenvalue weighted by Crippen LogP contribution is -2.14. The van der Waals surface area contributed by atoms with E-state index in [1.165, 1.54) is 24.3 Å². The van der Waals surface area contributed by atoms with Gasteiger partial charge < -0.3 is 5.73 Å². The molecule has 0 aliphatic rings. The maximum Gasteiger partial charge on any atom is 0.261 e. The van der Waals surface area contributed by atoms with E-state index in [1.54, 1.807) is 25.1 Å². The van der Waals surface area contributed by atoms with Gasteiger partial charge in [-0.1, -0.05) is 23.7 Å². The standard InChI is InChI=1S/C13H13ClN2O2S/c1-9-3-2-4-12(14)13(9)16-19(17,18)11-7-5-10(15)6-8-11/h2-8,16H,15H2,1H3. The fourth-order valence-corrected chi connectivity index (χ4v) is 3.08. The van der Waals surface area contributed by atoms with Crippen LogP contribution in [0, 0.1) is 6.92 Å². The first-order valence-electron chi connectivity index (χ1n) is 5.53. The average molecular weight is 297 g/mol. The number of nitrogens with one attached hydrogen (secondary N) is 1. The van der Waals surface area contributed by atoms with E-state index in [1.807, 2.05) is 0 Å². The summed E-state index contributed by atoms with van der Waals surface area (Å²) in [7, 11) is -3.67. The molecule has 100 valence electrons. The van der Waals surface area contributed by atoms with Crippen molar-refractivity contribution in [1.29, 1.82) is 0 Å². The Kier molecular flexibility index (Phi) is 3.68. The lowest BCUT2D eigenvalue weighted by atomic mass is 10.2. The summed E-state index contributed by atoms with van der Waals surface area (Å²) in [4.78, 5) is 0.140. The highest BCUT2D eigenvalue weighted by Crippen LogP contribution is 2.27. The number of halogens is 1. The zero-order valence-electron chi connectivity index (χ0n) is 10.2. The van der Waals surface area contributed by atoms with E-state index < -0.39 is 10.0 Å². The van der Waals surface area contributed by atoms with E-state index in [9.17, 15) is 8.42 Å². The molecule has 4 nitrogen and oxygen atoms in total. The number of nitrogen functional groups attached to an aromatic ring is 1. The van der Waals surface area contributed by atoms with Crippen molar-refractivity contribution in [2.75, 3.05) is 10.5 Å². The van der Waals surface area contributed by atoms with Crippen molar-refractivity contribution in [1.82, 2.24) is 0 Å². The van der Waals surface area contributed by atoms with E-state index in [0.29, 0.717) is 16.4 Å². The van der Waals surface area contributed by atoms with Crippen molar-refractivity contribution in [3.8, 4) is 0 Å². The zero-order chi connectivity index (χ0) is 14.0. The topological polar surface area (TPSA) is 72.2 Å². The van der Waals surface area contributed by atoms with E-state index in [-0.39, 0.29) is 4.90 Å². The fraction of sp³-hybridized carbons (Fsp3) is 0.0769. The van der Waals surface area contributed by atoms with Gasteiger partial charge in [0.2, 0.25) is 0 Å². The molecule has 0 bridgehead atoms. The van der Waals surface area contributed by atoms with Gasteiger partial charge in [0.05, 0.1) is 15.6 Å². The average Bonchev–Trinajstić information content (AvgIpc) is 2.35. The summed E-state index contributed by atoms with van der Waals surface area (Å²) in [6, 6.07) is 11.1. The lowest BCUT2D eigenvalue weighted by molar-refractivity contribution is 0.601. The monoisotopic (exact) mass is 296 g/mol. The second kappa shape index (κ2) is 5.11. The Bertz CT molecular complexity index is 677. The van der Waals surface area contributed by atoms with Crippen LogP contribution in [0.3, 0.4) is 0 Å². The summed E-state index contributed by atoms with van der Waals surface area (Å²) in [6.45, 7) is 1.78. The minimum absolute atomic E-state index is 0.140. The van der Waals surface area contributed by atoms with E-state index >= 15 is 0 Å². The molecule has 3 N–H and O–H groups in total. The van der Waals surface area contributed by atoms with Crippen molar-refractivity contribution in [3.63, 3.8) is 0 Å². The molecule has 0 unspecified atom stereocenters. The molecule has 0 fully saturated rings. The third-order valence-electron chi connectivity index (χ3n) is 2.65. The van der Waals surface area contributed by atoms with Crippen LogP contribution in [-0.2, 0) is 10.0 Å². The SMILES string of the molecule is Cc1cccc(Cl)c1NS(=O)(=O)c1ccc(N)cc1. The maximum absolute atomic E-state index is 12.2. The molecule has 0 radical (unpaired) electrons. The van der Waals surface area contributed by atoms with Gasteiger partial charge in [-0.3, -0.25) is 4.72 Å². The van der Waals surface area contributed by atoms with Gasteiger partial charge in [-0.05, 0) is 42.8 Å². The fourth-order valence-electron chi connectivity index (χ4n) is 1.60. The normalized spacial score (nSPS) is 11.3. The van der Waals surface area contributed by atoms with Crippen LogP contribution in [0.25, 0.3) is 0 Å². The van der Waals surface area contributed by atoms with E-state index in [4.69, 9.17) is 17.3 Å². The van der Waals surface area contributed by atoms with Crippen molar-refractivity contribution in [2.45, 2.75) is 11.8 Å². The number of rotatable bonds is 3. The van der Waals surface area contributed by atoms with Crippen LogP contribution in [0.4, 0.5) is 11.4 Å². The van der Waals surface area contributed by atoms with Gasteiger partial charge in [-0.25, -0.2) is 8.42 Å². The van der Waals surface area contributed by atoms with Crippen LogP contribution < -0.4 is 10.5 Å². The van der Waals surface area contributed by atoms with Gasteiger partial charge in [0.1, 0.15) is 0 Å². The molecule has 0 saturated carbocycles. The Morgan fingerprint density at radius 2 is 1.74 bits per heavy atom. The van der Waals surface area contributed by atoms with Crippen LogP contribution >= 0.6 is 11.6 Å². The predicted molar refractivity (Wildman–Crippen MR) is 77.9 cm³/mol. The predicted octanol–water partition coefficient (Wildman–Crippen LogP) is 3.03. The number of para-hydroxylation sites is 1. The van der Waals surface area contributed by atoms with Crippen molar-refractivity contribution in [3.05, 3.63) is 53.1 Å². The third-order valence-corrected chi connectivity index (χ3v) is 4.33. The summed E-state index contributed by atoms with van der Waals surface area (Å²) in [6.07, 6.45) is 0. The van der Waals surface area contributed by atoms with Crippen molar-refractivity contribution < 1.29 is 8.42 Å². The third kappa shape index (κ3) is 3.00. The molecule has 0 atom stereocenters. The number of nitrogens with two attached hydrogens (primary N) is 1. The van der Waals surface area contributed by atoms with Gasteiger partial charge in [0.15, 0.2) is 0 Å². The van der Waals surface area contributed by atoms with Crippen LogP contribution in [0.1, 0.15) is 5.56 Å². The number of hydrogen-bond donors (Lipinski definition) is 2. The Morgan fingerprint density at radius 3 is 2.32 bits per heavy atom. The van der Waals surface area contributed by atoms with Crippen LogP contribution in [-0.4, -0.2) is 8.42 Å². The molecule has 0 amide bonds. The minimum atomic E-state index is -3.67. The Labute approximate surface area is 117 Å². The molecule has 2 aromatic carbocycles. The molecular weight excluding hydrogens is 284 g/mol. The van der Waals surface area contributed by atoms with Crippen molar-refractivity contribution >= 4 is 33.0 Å². The highest BCUT2D eigenvalue weighted by atomic mass is 35.5. The first kappa shape index (κ1) is 13.7. The van der Waals surface area contributed by atoms with Gasteiger partial charge in [0, 0.05) is 5.69 Å². The van der Waals surface area contributed by atoms with Crippen LogP contribution in [0.2, 0.25) is 5.02 Å². The number of benzene rings is 2. The number of hydrogen-bond acceptors (Lipinski definition) is 3. The number of anilines is 2. The summed E-state index contributed by atoms with van der Waals surface area (Å²) >= 11 is 6.00. The Balaban J connectivity index is 2.39. The first-order chi connectivity index (χ1) is 8.90. The first-order valence-corrected chi connectivity index (χ1v) is 7.40. The van der Waals surface area contributed by atoms with Gasteiger partial charge >= 0.3 is 0 Å². The van der Waals surface area contributed by atoms with E-state index in [2.05, 4.69) is 4.72 Å². The molecule has 0 aliphatic heterocycles. The molecule has 0 aliphatic carbocycles. The highest BCUT2D eigenvalue weighted by molar-refractivity contribution is 7.92. The summed E-state index contributed by atoms with van der Waals surface area (Å²) < 4.78 is 26.9. The zero-order valence-corrected chi connectivity index (χ0v) is 11.8. The smallest absolute Gasteiger partial charge is 0.261 e. The minimum Gasteiger partial charge on any atom is -0.399 e. The quantitative estimate of drug-likeness (QED) is 0.855. The second-order valence-electron chi connectivity index (χ2n) is 4.11. The van der Waals surface area contributed by atoms with Gasteiger partial charge in [-0.2, -0.15) is 0 Å². The van der Waals surface area contributed by atoms with E-state index in [0.717, 1.165) is 5.56 Å². The summed E-state index contributed by atoms with van der Waals surface area (Å²) in [5, 5.41) is 0.360. The molecular formula is C13H13ClN2O2S. The molecule has 0 spiro atoms. The molecule has 0 saturated heterocycles. The molecule has 0 heterocycles. The van der Waals surface area contributed by atoms with Gasteiger partial charge in [-0.15, -0.1) is 0 Å².